The third-order valence-electron chi connectivity index (χ3n) is 2.54. The van der Waals surface area contributed by atoms with E-state index >= 15 is 0 Å². The Kier molecular flexibility index (Phi) is 3.03. The smallest absolute Gasteiger partial charge is 0.0741 e. The lowest BCUT2D eigenvalue weighted by Gasteiger charge is -2.17. The van der Waals surface area contributed by atoms with Gasteiger partial charge in [0, 0.05) is 10.7 Å². The Morgan fingerprint density at radius 1 is 1.43 bits per heavy atom. The molecule has 2 rings (SSSR count). The Labute approximate surface area is 91.7 Å². The minimum atomic E-state index is -0.214. The fraction of sp³-hybridized carbons (Fsp3) is 0.500. The number of rotatable bonds is 2. The van der Waals surface area contributed by atoms with Crippen LogP contribution in [0, 0.1) is 0 Å². The van der Waals surface area contributed by atoms with E-state index in [2.05, 4.69) is 26.2 Å². The molecule has 1 aromatic heterocycles. The lowest BCUT2D eigenvalue weighted by Crippen LogP contribution is -2.27. The van der Waals surface area contributed by atoms with Crippen molar-refractivity contribution in [3.05, 3.63) is 22.9 Å². The number of aromatic nitrogens is 1. The van der Waals surface area contributed by atoms with Gasteiger partial charge >= 0.3 is 0 Å². The number of anilines is 1. The van der Waals surface area contributed by atoms with Crippen molar-refractivity contribution in [3.8, 4) is 0 Å². The fourth-order valence-corrected chi connectivity index (χ4v) is 2.18. The van der Waals surface area contributed by atoms with Gasteiger partial charge in [0.1, 0.15) is 0 Å². The molecule has 2 unspecified atom stereocenters. The van der Waals surface area contributed by atoms with Crippen molar-refractivity contribution in [3.63, 3.8) is 0 Å². The molecule has 4 heteroatoms. The van der Waals surface area contributed by atoms with Crippen LogP contribution in [0.3, 0.4) is 0 Å². The topological polar surface area (TPSA) is 45.1 Å². The van der Waals surface area contributed by atoms with Crippen molar-refractivity contribution < 1.29 is 5.11 Å². The highest BCUT2D eigenvalue weighted by molar-refractivity contribution is 9.10. The summed E-state index contributed by atoms with van der Waals surface area (Å²) < 4.78 is 0.954. The molecule has 1 fully saturated rings. The van der Waals surface area contributed by atoms with Crippen LogP contribution in [0.25, 0.3) is 0 Å². The van der Waals surface area contributed by atoms with Crippen molar-refractivity contribution in [1.82, 2.24) is 4.98 Å². The summed E-state index contributed by atoms with van der Waals surface area (Å²) in [6.07, 6.45) is 6.34. The molecule has 3 nitrogen and oxygen atoms in total. The normalized spacial score (nSPS) is 26.4. The number of hydrogen-bond acceptors (Lipinski definition) is 3. The molecule has 1 aliphatic rings. The standard InChI is InChI=1S/C10H13BrN2O/c11-7-4-8(6-12-5-7)13-9-2-1-3-10(9)14/h4-6,9-10,13-14H,1-3H2. The quantitative estimate of drug-likeness (QED) is 0.853. The van der Waals surface area contributed by atoms with Crippen molar-refractivity contribution >= 4 is 21.6 Å². The van der Waals surface area contributed by atoms with E-state index in [1.54, 1.807) is 12.4 Å². The molecule has 0 amide bonds. The molecule has 0 bridgehead atoms. The lowest BCUT2D eigenvalue weighted by atomic mass is 10.2. The number of hydrogen-bond donors (Lipinski definition) is 2. The van der Waals surface area contributed by atoms with Crippen molar-refractivity contribution in [1.29, 1.82) is 0 Å². The lowest BCUT2D eigenvalue weighted by molar-refractivity contribution is 0.172. The number of aliphatic hydroxyl groups is 1. The van der Waals surface area contributed by atoms with Crippen molar-refractivity contribution in [2.75, 3.05) is 5.32 Å². The minimum Gasteiger partial charge on any atom is -0.391 e. The predicted octanol–water partition coefficient (Wildman–Crippen LogP) is 2.17. The molecule has 2 atom stereocenters. The largest absolute Gasteiger partial charge is 0.391 e. The number of aliphatic hydroxyl groups excluding tert-OH is 1. The first kappa shape index (κ1) is 9.93. The Morgan fingerprint density at radius 2 is 2.29 bits per heavy atom. The van der Waals surface area contributed by atoms with Gasteiger partial charge in [-0.05, 0) is 41.3 Å². The van der Waals surface area contributed by atoms with E-state index in [4.69, 9.17) is 0 Å². The second kappa shape index (κ2) is 4.28. The van der Waals surface area contributed by atoms with Crippen molar-refractivity contribution in [2.24, 2.45) is 0 Å². The zero-order valence-electron chi connectivity index (χ0n) is 7.78. The summed E-state index contributed by atoms with van der Waals surface area (Å²) in [7, 11) is 0. The van der Waals surface area contributed by atoms with Gasteiger partial charge in [0.05, 0.1) is 24.0 Å². The predicted molar refractivity (Wildman–Crippen MR) is 59.2 cm³/mol. The second-order valence-corrected chi connectivity index (χ2v) is 4.56. The summed E-state index contributed by atoms with van der Waals surface area (Å²) in [5, 5.41) is 12.9. The number of halogens is 1. The molecular weight excluding hydrogens is 244 g/mol. The molecule has 14 heavy (non-hydrogen) atoms. The zero-order chi connectivity index (χ0) is 9.97. The monoisotopic (exact) mass is 256 g/mol. The molecular formula is C10H13BrN2O. The van der Waals surface area contributed by atoms with Gasteiger partial charge in [0.15, 0.2) is 0 Å². The van der Waals surface area contributed by atoms with Crippen LogP contribution >= 0.6 is 15.9 Å². The van der Waals surface area contributed by atoms with E-state index in [1.807, 2.05) is 6.07 Å². The van der Waals surface area contributed by atoms with Crippen molar-refractivity contribution in [2.45, 2.75) is 31.4 Å². The molecule has 2 N–H and O–H groups in total. The first-order valence-corrected chi connectivity index (χ1v) is 5.60. The first-order chi connectivity index (χ1) is 6.75. The summed E-state index contributed by atoms with van der Waals surface area (Å²) in [5.74, 6) is 0. The van der Waals surface area contributed by atoms with E-state index in [1.165, 1.54) is 0 Å². The summed E-state index contributed by atoms with van der Waals surface area (Å²) in [4.78, 5) is 4.06. The Hall–Kier alpha value is -0.610. The van der Waals surface area contributed by atoms with Crippen LogP contribution in [0.2, 0.25) is 0 Å². The summed E-state index contributed by atoms with van der Waals surface area (Å²) >= 11 is 3.36. The van der Waals surface area contributed by atoms with E-state index in [0.29, 0.717) is 0 Å². The number of nitrogens with one attached hydrogen (secondary N) is 1. The molecule has 0 aromatic carbocycles. The van der Waals surface area contributed by atoms with E-state index in [0.717, 1.165) is 29.4 Å². The molecule has 0 radical (unpaired) electrons. The Balaban J connectivity index is 2.03. The third kappa shape index (κ3) is 2.25. The van der Waals surface area contributed by atoms with Crippen LogP contribution in [-0.2, 0) is 0 Å². The van der Waals surface area contributed by atoms with Crippen LogP contribution in [0.4, 0.5) is 5.69 Å². The molecule has 1 aliphatic carbocycles. The third-order valence-corrected chi connectivity index (χ3v) is 2.97. The van der Waals surface area contributed by atoms with E-state index in [9.17, 15) is 5.11 Å². The number of nitrogens with zero attached hydrogens (tertiary/aromatic N) is 1. The average molecular weight is 257 g/mol. The molecule has 1 heterocycles. The van der Waals surface area contributed by atoms with E-state index < -0.39 is 0 Å². The van der Waals surface area contributed by atoms with E-state index in [-0.39, 0.29) is 12.1 Å². The molecule has 0 saturated heterocycles. The minimum absolute atomic E-state index is 0.186. The molecule has 0 spiro atoms. The van der Waals surface area contributed by atoms with Crippen LogP contribution in [0.1, 0.15) is 19.3 Å². The summed E-state index contributed by atoms with van der Waals surface area (Å²) in [5.41, 5.74) is 0.963. The van der Waals surface area contributed by atoms with Gasteiger partial charge in [-0.2, -0.15) is 0 Å². The van der Waals surface area contributed by atoms with Gasteiger partial charge in [0.2, 0.25) is 0 Å². The van der Waals surface area contributed by atoms with Gasteiger partial charge in [-0.3, -0.25) is 4.98 Å². The maximum Gasteiger partial charge on any atom is 0.0741 e. The zero-order valence-corrected chi connectivity index (χ0v) is 9.37. The average Bonchev–Trinajstić information content (AvgIpc) is 2.52. The molecule has 0 aliphatic heterocycles. The molecule has 76 valence electrons. The SMILES string of the molecule is OC1CCCC1Nc1cncc(Br)c1. The van der Waals surface area contributed by atoms with Gasteiger partial charge < -0.3 is 10.4 Å². The highest BCUT2D eigenvalue weighted by Crippen LogP contribution is 2.23. The summed E-state index contributed by atoms with van der Waals surface area (Å²) in [6, 6.07) is 2.16. The van der Waals surface area contributed by atoms with Gasteiger partial charge in [0.25, 0.3) is 0 Å². The van der Waals surface area contributed by atoms with Crippen LogP contribution in [0.5, 0.6) is 0 Å². The van der Waals surface area contributed by atoms with Gasteiger partial charge in [-0.15, -0.1) is 0 Å². The van der Waals surface area contributed by atoms with Gasteiger partial charge in [-0.25, -0.2) is 0 Å². The summed E-state index contributed by atoms with van der Waals surface area (Å²) in [6.45, 7) is 0. The van der Waals surface area contributed by atoms with Gasteiger partial charge in [-0.1, -0.05) is 0 Å². The highest BCUT2D eigenvalue weighted by atomic mass is 79.9. The van der Waals surface area contributed by atoms with Crippen LogP contribution in [-0.4, -0.2) is 22.2 Å². The molecule has 1 saturated carbocycles. The fourth-order valence-electron chi connectivity index (χ4n) is 1.81. The maximum absolute atomic E-state index is 9.62. The van der Waals surface area contributed by atoms with Crippen LogP contribution < -0.4 is 5.32 Å². The highest BCUT2D eigenvalue weighted by Gasteiger charge is 2.24. The van der Waals surface area contributed by atoms with Crippen LogP contribution in [0.15, 0.2) is 22.9 Å². The maximum atomic E-state index is 9.62. The Morgan fingerprint density at radius 3 is 2.93 bits per heavy atom. The number of pyridine rings is 1. The second-order valence-electron chi connectivity index (χ2n) is 3.64. The first-order valence-electron chi connectivity index (χ1n) is 4.81. The Bertz CT molecular complexity index is 319. The molecule has 1 aromatic rings.